The van der Waals surface area contributed by atoms with Gasteiger partial charge >= 0.3 is 11.8 Å². The molecule has 0 aliphatic rings. The average molecular weight is 563 g/mol. The van der Waals surface area contributed by atoms with Crippen molar-refractivity contribution in [1.82, 2.24) is 10.7 Å². The summed E-state index contributed by atoms with van der Waals surface area (Å²) in [6.07, 6.45) is 1.86. The van der Waals surface area contributed by atoms with Crippen molar-refractivity contribution >= 4 is 29.6 Å². The Morgan fingerprint density at radius 3 is 2.34 bits per heavy atom. The Morgan fingerprint density at radius 1 is 0.854 bits per heavy atom. The van der Waals surface area contributed by atoms with E-state index in [2.05, 4.69) is 21.2 Å². The highest BCUT2D eigenvalue weighted by atomic mass is 16.5. The van der Waals surface area contributed by atoms with E-state index in [-0.39, 0.29) is 19.1 Å². The molecule has 0 unspecified atom stereocenters. The van der Waals surface area contributed by atoms with Crippen molar-refractivity contribution in [2.45, 2.75) is 20.3 Å². The fraction of sp³-hybridized carbons (Fsp3) is 0.267. The second-order valence-electron chi connectivity index (χ2n) is 8.69. The first kappa shape index (κ1) is 30.5. The number of carbonyl (C=O) groups excluding carboxylic acids is 3. The smallest absolute Gasteiger partial charge is 0.329 e. The molecule has 41 heavy (non-hydrogen) atoms. The third-order valence-electron chi connectivity index (χ3n) is 5.78. The van der Waals surface area contributed by atoms with Crippen LogP contribution in [0.5, 0.6) is 23.0 Å². The zero-order valence-corrected chi connectivity index (χ0v) is 23.5. The molecule has 0 atom stereocenters. The first-order valence-corrected chi connectivity index (χ1v) is 12.9. The summed E-state index contributed by atoms with van der Waals surface area (Å²) < 4.78 is 21.8. The van der Waals surface area contributed by atoms with Crippen LogP contribution in [-0.2, 0) is 20.8 Å². The number of para-hydroxylation sites is 1. The zero-order valence-electron chi connectivity index (χ0n) is 23.5. The van der Waals surface area contributed by atoms with Gasteiger partial charge in [-0.15, -0.1) is 0 Å². The van der Waals surface area contributed by atoms with E-state index in [1.165, 1.54) is 6.21 Å². The first-order valence-electron chi connectivity index (χ1n) is 12.9. The number of benzene rings is 3. The van der Waals surface area contributed by atoms with Gasteiger partial charge in [0.1, 0.15) is 0 Å². The van der Waals surface area contributed by atoms with Crippen LogP contribution in [0.25, 0.3) is 0 Å². The van der Waals surface area contributed by atoms with Crippen molar-refractivity contribution in [1.29, 1.82) is 0 Å². The number of nitrogens with one attached hydrogen (secondary N) is 3. The maximum atomic E-state index is 12.3. The molecule has 0 bridgehead atoms. The molecular weight excluding hydrogens is 528 g/mol. The SMILES string of the molecule is CCOc1cc(/C=N\NC(=O)C(=O)NCCc2ccc(OC)c(OC)c2)ccc1OCC(=O)Nc1ccccc1C. The highest BCUT2D eigenvalue weighted by molar-refractivity contribution is 6.35. The standard InChI is InChI=1S/C30H34N4O7/c1-5-40-27-17-22(11-13-25(27)41-19-28(35)33-23-9-7-6-8-20(23)2)18-32-34-30(37)29(36)31-15-14-21-10-12-24(38-3)26(16-21)39-4/h6-13,16-18H,5,14-15,19H2,1-4H3,(H,31,36)(H,33,35)(H,34,37)/b32-18-. The topological polar surface area (TPSA) is 137 Å². The number of anilines is 1. The largest absolute Gasteiger partial charge is 0.493 e. The predicted octanol–water partition coefficient (Wildman–Crippen LogP) is 3.24. The van der Waals surface area contributed by atoms with Gasteiger partial charge in [-0.25, -0.2) is 5.43 Å². The number of hydrazone groups is 1. The van der Waals surface area contributed by atoms with Crippen molar-refractivity contribution in [2.24, 2.45) is 5.10 Å². The van der Waals surface area contributed by atoms with Crippen LogP contribution in [0.15, 0.2) is 65.8 Å². The minimum Gasteiger partial charge on any atom is -0.493 e. The Morgan fingerprint density at radius 2 is 1.61 bits per heavy atom. The minimum atomic E-state index is -0.904. The number of hydrogen-bond donors (Lipinski definition) is 3. The monoisotopic (exact) mass is 562 g/mol. The van der Waals surface area contributed by atoms with E-state index in [1.807, 2.05) is 50.2 Å². The van der Waals surface area contributed by atoms with Gasteiger partial charge in [-0.1, -0.05) is 24.3 Å². The molecule has 0 saturated heterocycles. The number of rotatable bonds is 13. The summed E-state index contributed by atoms with van der Waals surface area (Å²) in [4.78, 5) is 36.6. The average Bonchev–Trinajstić information content (AvgIpc) is 2.97. The normalized spacial score (nSPS) is 10.5. The van der Waals surface area contributed by atoms with Crippen LogP contribution in [0.1, 0.15) is 23.6 Å². The number of carbonyl (C=O) groups is 3. The van der Waals surface area contributed by atoms with Crippen LogP contribution >= 0.6 is 0 Å². The Balaban J connectivity index is 1.49. The van der Waals surface area contributed by atoms with E-state index >= 15 is 0 Å². The second-order valence-corrected chi connectivity index (χ2v) is 8.69. The van der Waals surface area contributed by atoms with Gasteiger partial charge in [0, 0.05) is 12.2 Å². The third kappa shape index (κ3) is 9.27. The van der Waals surface area contributed by atoms with Crippen molar-refractivity contribution in [3.63, 3.8) is 0 Å². The first-order chi connectivity index (χ1) is 19.8. The summed E-state index contributed by atoms with van der Waals surface area (Å²) in [5, 5.41) is 9.22. The zero-order chi connectivity index (χ0) is 29.6. The van der Waals surface area contributed by atoms with Crippen LogP contribution < -0.4 is 35.0 Å². The summed E-state index contributed by atoms with van der Waals surface area (Å²) in [5.74, 6) is -0.0599. The molecule has 0 aromatic heterocycles. The molecule has 0 aliphatic carbocycles. The highest BCUT2D eigenvalue weighted by Gasteiger charge is 2.13. The van der Waals surface area contributed by atoms with Crippen LogP contribution in [0.2, 0.25) is 0 Å². The van der Waals surface area contributed by atoms with Gasteiger partial charge in [-0.3, -0.25) is 14.4 Å². The lowest BCUT2D eigenvalue weighted by atomic mass is 10.1. The van der Waals surface area contributed by atoms with E-state index in [9.17, 15) is 14.4 Å². The molecule has 216 valence electrons. The van der Waals surface area contributed by atoms with Crippen LogP contribution in [0, 0.1) is 6.92 Å². The molecule has 0 saturated carbocycles. The van der Waals surface area contributed by atoms with Gasteiger partial charge in [0.25, 0.3) is 5.91 Å². The van der Waals surface area contributed by atoms with Gasteiger partial charge in [-0.05, 0) is 73.4 Å². The Hall–Kier alpha value is -5.06. The summed E-state index contributed by atoms with van der Waals surface area (Å²) >= 11 is 0. The lowest BCUT2D eigenvalue weighted by molar-refractivity contribution is -0.139. The third-order valence-corrected chi connectivity index (χ3v) is 5.78. The summed E-state index contributed by atoms with van der Waals surface area (Å²) in [5.41, 5.74) is 5.35. The summed E-state index contributed by atoms with van der Waals surface area (Å²) in [6, 6.07) is 17.8. The van der Waals surface area contributed by atoms with E-state index in [0.29, 0.717) is 47.3 Å². The highest BCUT2D eigenvalue weighted by Crippen LogP contribution is 2.29. The summed E-state index contributed by atoms with van der Waals surface area (Å²) in [6.45, 7) is 4.12. The molecule has 11 nitrogen and oxygen atoms in total. The molecule has 3 aromatic carbocycles. The lowest BCUT2D eigenvalue weighted by Crippen LogP contribution is -2.38. The van der Waals surface area contributed by atoms with Crippen molar-refractivity contribution < 1.29 is 33.3 Å². The van der Waals surface area contributed by atoms with Gasteiger partial charge in [0.2, 0.25) is 0 Å². The molecule has 11 heteroatoms. The Bertz CT molecular complexity index is 1390. The van der Waals surface area contributed by atoms with Crippen LogP contribution in [0.3, 0.4) is 0 Å². The minimum absolute atomic E-state index is 0.209. The summed E-state index contributed by atoms with van der Waals surface area (Å²) in [7, 11) is 3.10. The number of ether oxygens (including phenoxy) is 4. The number of nitrogens with zero attached hydrogens (tertiary/aromatic N) is 1. The van der Waals surface area contributed by atoms with Gasteiger partial charge in [0.15, 0.2) is 29.6 Å². The van der Waals surface area contributed by atoms with Crippen molar-refractivity contribution in [2.75, 3.05) is 39.3 Å². The molecule has 0 aliphatic heterocycles. The van der Waals surface area contributed by atoms with Crippen molar-refractivity contribution in [3.05, 3.63) is 77.4 Å². The van der Waals surface area contributed by atoms with Gasteiger partial charge < -0.3 is 29.6 Å². The molecule has 0 heterocycles. The van der Waals surface area contributed by atoms with E-state index in [0.717, 1.165) is 11.1 Å². The molecule has 0 spiro atoms. The van der Waals surface area contributed by atoms with E-state index in [1.54, 1.807) is 38.5 Å². The predicted molar refractivity (Wildman–Crippen MR) is 155 cm³/mol. The number of hydrogen-bond acceptors (Lipinski definition) is 8. The molecular formula is C30H34N4O7. The molecule has 0 fully saturated rings. The lowest BCUT2D eigenvalue weighted by Gasteiger charge is -2.13. The maximum absolute atomic E-state index is 12.3. The van der Waals surface area contributed by atoms with Gasteiger partial charge in [0.05, 0.1) is 27.0 Å². The second kappa shape index (κ2) is 15.5. The number of aryl methyl sites for hydroxylation is 1. The number of methoxy groups -OCH3 is 2. The molecule has 3 N–H and O–H groups in total. The molecule has 3 aromatic rings. The fourth-order valence-electron chi connectivity index (χ4n) is 3.69. The van der Waals surface area contributed by atoms with E-state index < -0.39 is 11.8 Å². The number of amides is 3. The molecule has 3 amide bonds. The Kier molecular flexibility index (Phi) is 11.5. The van der Waals surface area contributed by atoms with Crippen LogP contribution in [-0.4, -0.2) is 57.9 Å². The molecule has 3 rings (SSSR count). The van der Waals surface area contributed by atoms with Gasteiger partial charge in [-0.2, -0.15) is 5.10 Å². The van der Waals surface area contributed by atoms with Crippen LogP contribution in [0.4, 0.5) is 5.69 Å². The van der Waals surface area contributed by atoms with E-state index in [4.69, 9.17) is 18.9 Å². The van der Waals surface area contributed by atoms with Crippen molar-refractivity contribution in [3.8, 4) is 23.0 Å². The quantitative estimate of drug-likeness (QED) is 0.165. The molecule has 0 radical (unpaired) electrons. The maximum Gasteiger partial charge on any atom is 0.329 e. The fourth-order valence-corrected chi connectivity index (χ4v) is 3.69. The Labute approximate surface area is 238 Å².